The van der Waals surface area contributed by atoms with Gasteiger partial charge in [0.15, 0.2) is 11.5 Å². The summed E-state index contributed by atoms with van der Waals surface area (Å²) in [6.45, 7) is 0. The molecule has 0 unspecified atom stereocenters. The average molecular weight is 270 g/mol. The molecule has 2 aromatic rings. The summed E-state index contributed by atoms with van der Waals surface area (Å²) in [5, 5.41) is 12.1. The van der Waals surface area contributed by atoms with Crippen LogP contribution in [0.25, 0.3) is 11.5 Å². The third-order valence-corrected chi connectivity index (χ3v) is 1.98. The van der Waals surface area contributed by atoms with Crippen molar-refractivity contribution in [1.82, 2.24) is 15.1 Å². The molecule has 2 rings (SSSR count). The van der Waals surface area contributed by atoms with E-state index in [1.807, 2.05) is 0 Å². The number of carbonyl (C=O) groups is 1. The van der Waals surface area contributed by atoms with Crippen LogP contribution in [0.3, 0.4) is 0 Å². The van der Waals surface area contributed by atoms with E-state index in [-0.39, 0.29) is 5.76 Å². The molecule has 0 atom stereocenters. The Kier molecular flexibility index (Phi) is 2.46. The van der Waals surface area contributed by atoms with E-state index in [9.17, 15) is 4.79 Å². The fourth-order valence-electron chi connectivity index (χ4n) is 0.926. The van der Waals surface area contributed by atoms with E-state index in [0.29, 0.717) is 11.5 Å². The number of nitrogens with zero attached hydrogens (tertiary/aromatic N) is 3. The molecule has 2 aromatic heterocycles. The van der Waals surface area contributed by atoms with Gasteiger partial charge in [-0.2, -0.15) is 0 Å². The molecule has 15 heavy (non-hydrogen) atoms. The molecule has 76 valence electrons. The SMILES string of the molecule is O=C(O)c1cc(-c2ncc(Br)cn2)no1. The lowest BCUT2D eigenvalue weighted by Crippen LogP contribution is -1.92. The highest BCUT2D eigenvalue weighted by atomic mass is 79.9. The summed E-state index contributed by atoms with van der Waals surface area (Å²) in [7, 11) is 0. The zero-order chi connectivity index (χ0) is 10.8. The Morgan fingerprint density at radius 1 is 1.40 bits per heavy atom. The van der Waals surface area contributed by atoms with Crippen LogP contribution in [0, 0.1) is 0 Å². The van der Waals surface area contributed by atoms with Gasteiger partial charge in [0.1, 0.15) is 0 Å². The van der Waals surface area contributed by atoms with Gasteiger partial charge < -0.3 is 9.63 Å². The fraction of sp³-hybridized carbons (Fsp3) is 0. The third-order valence-electron chi connectivity index (χ3n) is 1.57. The van der Waals surface area contributed by atoms with E-state index in [1.54, 1.807) is 0 Å². The van der Waals surface area contributed by atoms with Gasteiger partial charge in [0.05, 0.1) is 4.47 Å². The Balaban J connectivity index is 2.37. The van der Waals surface area contributed by atoms with E-state index in [2.05, 4.69) is 35.6 Å². The number of carboxylic acids is 1. The minimum Gasteiger partial charge on any atom is -0.475 e. The zero-order valence-electron chi connectivity index (χ0n) is 7.22. The summed E-state index contributed by atoms with van der Waals surface area (Å²) in [5.74, 6) is -1.10. The molecule has 0 spiro atoms. The van der Waals surface area contributed by atoms with Crippen LogP contribution in [0.1, 0.15) is 10.6 Å². The summed E-state index contributed by atoms with van der Waals surface area (Å²) >= 11 is 3.18. The highest BCUT2D eigenvalue weighted by Crippen LogP contribution is 2.15. The second kappa shape index (κ2) is 3.77. The number of halogens is 1. The Labute approximate surface area is 92.1 Å². The van der Waals surface area contributed by atoms with Crippen molar-refractivity contribution in [1.29, 1.82) is 0 Å². The van der Waals surface area contributed by atoms with Crippen molar-refractivity contribution in [2.45, 2.75) is 0 Å². The predicted octanol–water partition coefficient (Wildman–Crippen LogP) is 1.59. The molecule has 0 fully saturated rings. The van der Waals surface area contributed by atoms with E-state index in [4.69, 9.17) is 5.11 Å². The molecule has 0 aliphatic carbocycles. The van der Waals surface area contributed by atoms with Crippen LogP contribution >= 0.6 is 15.9 Å². The molecular formula is C8H4BrN3O3. The highest BCUT2D eigenvalue weighted by Gasteiger charge is 2.13. The van der Waals surface area contributed by atoms with Crippen LogP contribution in [-0.2, 0) is 0 Å². The molecule has 6 nitrogen and oxygen atoms in total. The van der Waals surface area contributed by atoms with Gasteiger partial charge in [0.25, 0.3) is 0 Å². The summed E-state index contributed by atoms with van der Waals surface area (Å²) in [4.78, 5) is 18.4. The van der Waals surface area contributed by atoms with Crippen LogP contribution in [0.5, 0.6) is 0 Å². The molecule has 0 bridgehead atoms. The quantitative estimate of drug-likeness (QED) is 0.891. The van der Waals surface area contributed by atoms with Gasteiger partial charge in [0, 0.05) is 18.5 Å². The lowest BCUT2D eigenvalue weighted by atomic mass is 10.3. The normalized spacial score (nSPS) is 10.2. The van der Waals surface area contributed by atoms with Gasteiger partial charge in [-0.05, 0) is 15.9 Å². The van der Waals surface area contributed by atoms with E-state index >= 15 is 0 Å². The maximum absolute atomic E-state index is 10.5. The smallest absolute Gasteiger partial charge is 0.374 e. The predicted molar refractivity (Wildman–Crippen MR) is 52.2 cm³/mol. The van der Waals surface area contributed by atoms with Gasteiger partial charge in [-0.15, -0.1) is 0 Å². The number of aromatic carboxylic acids is 1. The second-order valence-electron chi connectivity index (χ2n) is 2.61. The number of hydrogen-bond donors (Lipinski definition) is 1. The van der Waals surface area contributed by atoms with E-state index < -0.39 is 5.97 Å². The van der Waals surface area contributed by atoms with Crippen molar-refractivity contribution in [3.63, 3.8) is 0 Å². The van der Waals surface area contributed by atoms with Gasteiger partial charge in [0.2, 0.25) is 5.76 Å². The minimum absolute atomic E-state index is 0.239. The maximum atomic E-state index is 10.5. The van der Waals surface area contributed by atoms with Crippen LogP contribution in [0.4, 0.5) is 0 Å². The van der Waals surface area contributed by atoms with Crippen molar-refractivity contribution in [3.8, 4) is 11.5 Å². The number of carboxylic acid groups (broad SMARTS) is 1. The standard InChI is InChI=1S/C8H4BrN3O3/c9-4-2-10-7(11-3-4)5-1-6(8(13)14)15-12-5/h1-3H,(H,13,14). The molecule has 0 amide bonds. The molecule has 0 saturated heterocycles. The van der Waals surface area contributed by atoms with Gasteiger partial charge in [-0.3, -0.25) is 0 Å². The van der Waals surface area contributed by atoms with Crippen LogP contribution in [0.15, 0.2) is 27.5 Å². The lowest BCUT2D eigenvalue weighted by Gasteiger charge is -1.91. The molecule has 1 N–H and O–H groups in total. The van der Waals surface area contributed by atoms with Crippen molar-refractivity contribution in [2.75, 3.05) is 0 Å². The van der Waals surface area contributed by atoms with Crippen molar-refractivity contribution >= 4 is 21.9 Å². The molecule has 2 heterocycles. The van der Waals surface area contributed by atoms with Crippen LogP contribution < -0.4 is 0 Å². The van der Waals surface area contributed by atoms with E-state index in [1.165, 1.54) is 18.5 Å². The molecule has 0 aliphatic heterocycles. The van der Waals surface area contributed by atoms with Crippen LogP contribution in [0.2, 0.25) is 0 Å². The van der Waals surface area contributed by atoms with Crippen LogP contribution in [-0.4, -0.2) is 26.2 Å². The Bertz CT molecular complexity index is 494. The van der Waals surface area contributed by atoms with Crippen molar-refractivity contribution < 1.29 is 14.4 Å². The number of hydrogen-bond acceptors (Lipinski definition) is 5. The van der Waals surface area contributed by atoms with E-state index in [0.717, 1.165) is 4.47 Å². The maximum Gasteiger partial charge on any atom is 0.374 e. The monoisotopic (exact) mass is 269 g/mol. The summed E-state index contributed by atoms with van der Waals surface area (Å²) < 4.78 is 5.30. The molecule has 7 heteroatoms. The Hall–Kier alpha value is -1.76. The first-order valence-corrected chi connectivity index (χ1v) is 4.64. The van der Waals surface area contributed by atoms with Gasteiger partial charge in [-0.1, -0.05) is 5.16 Å². The first kappa shape index (κ1) is 9.78. The largest absolute Gasteiger partial charge is 0.475 e. The molecule has 0 saturated carbocycles. The lowest BCUT2D eigenvalue weighted by molar-refractivity contribution is 0.0652. The second-order valence-corrected chi connectivity index (χ2v) is 3.52. The Morgan fingerprint density at radius 2 is 2.07 bits per heavy atom. The number of aromatic nitrogens is 3. The summed E-state index contributed by atoms with van der Waals surface area (Å²) in [6.07, 6.45) is 3.08. The molecule has 0 aliphatic rings. The first-order chi connectivity index (χ1) is 7.16. The summed E-state index contributed by atoms with van der Waals surface area (Å²) in [6, 6.07) is 1.27. The average Bonchev–Trinajstić information content (AvgIpc) is 2.68. The van der Waals surface area contributed by atoms with Crippen molar-refractivity contribution in [2.24, 2.45) is 0 Å². The highest BCUT2D eigenvalue weighted by molar-refractivity contribution is 9.10. The van der Waals surface area contributed by atoms with Gasteiger partial charge in [-0.25, -0.2) is 14.8 Å². The fourth-order valence-corrected chi connectivity index (χ4v) is 1.13. The Morgan fingerprint density at radius 3 is 2.60 bits per heavy atom. The van der Waals surface area contributed by atoms with Crippen molar-refractivity contribution in [3.05, 3.63) is 28.7 Å². The zero-order valence-corrected chi connectivity index (χ0v) is 8.80. The molecule has 0 aromatic carbocycles. The molecular weight excluding hydrogens is 266 g/mol. The topological polar surface area (TPSA) is 89.1 Å². The first-order valence-electron chi connectivity index (χ1n) is 3.85. The van der Waals surface area contributed by atoms with Gasteiger partial charge >= 0.3 is 5.97 Å². The number of rotatable bonds is 2. The third kappa shape index (κ3) is 2.01. The minimum atomic E-state index is -1.18. The molecule has 0 radical (unpaired) electrons. The summed E-state index contributed by atoms with van der Waals surface area (Å²) in [5.41, 5.74) is 0.292.